The molecule has 2 atom stereocenters. The van der Waals surface area contributed by atoms with Crippen molar-refractivity contribution in [3.05, 3.63) is 34.5 Å². The number of carbonyl (C=O) groups excluding carboxylic acids is 1. The molecule has 1 aromatic rings. The zero-order chi connectivity index (χ0) is 13.9. The van der Waals surface area contributed by atoms with Crippen LogP contribution in [0.3, 0.4) is 0 Å². The molecule has 0 unspecified atom stereocenters. The number of nitrogens with two attached hydrogens (primary N) is 1. The van der Waals surface area contributed by atoms with Crippen LogP contribution < -0.4 is 5.73 Å². The average molecular weight is 278 g/mol. The smallest absolute Gasteiger partial charge is 0.234 e. The fraction of sp³-hybridized carbons (Fsp3) is 0.533. The second-order valence-corrected chi connectivity index (χ2v) is 5.95. The Morgan fingerprint density at radius 3 is 2.95 bits per heavy atom. The fourth-order valence-electron chi connectivity index (χ4n) is 2.69. The lowest BCUT2D eigenvalue weighted by molar-refractivity contribution is -0.133. The average Bonchev–Trinajstić information content (AvgIpc) is 2.92. The normalized spacial score (nSPS) is 25.7. The third-order valence-electron chi connectivity index (χ3n) is 3.96. The number of hydrogen-bond acceptors (Lipinski definition) is 3. The highest BCUT2D eigenvalue weighted by atomic mass is 32.1. The molecule has 19 heavy (non-hydrogen) atoms. The molecular weight excluding hydrogens is 256 g/mol. The van der Waals surface area contributed by atoms with E-state index in [1.165, 1.54) is 4.88 Å². The summed E-state index contributed by atoms with van der Waals surface area (Å²) < 4.78 is 0. The predicted octanol–water partition coefficient (Wildman–Crippen LogP) is 2.39. The SMILES string of the molecule is C/C=C\CN(CC)C(=O)[C@@]1(c2cccs2)C[C@H]1CN. The molecule has 0 bridgehead atoms. The van der Waals surface area contributed by atoms with Crippen LogP contribution in [0, 0.1) is 5.92 Å². The van der Waals surface area contributed by atoms with Crippen LogP contribution >= 0.6 is 11.3 Å². The van der Waals surface area contributed by atoms with Gasteiger partial charge in [-0.25, -0.2) is 0 Å². The molecule has 0 spiro atoms. The highest BCUT2D eigenvalue weighted by molar-refractivity contribution is 7.10. The van der Waals surface area contributed by atoms with Gasteiger partial charge in [0.25, 0.3) is 0 Å². The van der Waals surface area contributed by atoms with Crippen molar-refractivity contribution in [3.63, 3.8) is 0 Å². The molecule has 0 radical (unpaired) electrons. The molecule has 0 aliphatic heterocycles. The lowest BCUT2D eigenvalue weighted by Gasteiger charge is -2.25. The second-order valence-electron chi connectivity index (χ2n) is 5.00. The molecule has 2 rings (SSSR count). The van der Waals surface area contributed by atoms with Crippen LogP contribution in [0.4, 0.5) is 0 Å². The van der Waals surface area contributed by atoms with Crippen molar-refractivity contribution in [2.45, 2.75) is 25.7 Å². The van der Waals surface area contributed by atoms with E-state index in [1.54, 1.807) is 11.3 Å². The van der Waals surface area contributed by atoms with Crippen LogP contribution in [-0.2, 0) is 10.2 Å². The standard InChI is InChI=1S/C15H22N2OS/c1-3-5-8-17(4-2)14(18)15(10-12(15)11-16)13-7-6-9-19-13/h3,5-7,9,12H,4,8,10-11,16H2,1-2H3/b5-3-/t12-,15-/m0/s1. The first-order valence-electron chi connectivity index (χ1n) is 6.85. The van der Waals surface area contributed by atoms with Gasteiger partial charge < -0.3 is 10.6 Å². The first-order chi connectivity index (χ1) is 9.20. The first kappa shape index (κ1) is 14.3. The third-order valence-corrected chi connectivity index (χ3v) is 5.01. The number of amides is 1. The van der Waals surface area contributed by atoms with E-state index in [1.807, 2.05) is 42.3 Å². The molecule has 1 aromatic heterocycles. The van der Waals surface area contributed by atoms with Gasteiger partial charge in [-0.05, 0) is 44.2 Å². The molecule has 104 valence electrons. The summed E-state index contributed by atoms with van der Waals surface area (Å²) in [4.78, 5) is 16.0. The Morgan fingerprint density at radius 2 is 2.47 bits per heavy atom. The molecule has 0 saturated heterocycles. The number of nitrogens with zero attached hydrogens (tertiary/aromatic N) is 1. The van der Waals surface area contributed by atoms with Crippen LogP contribution in [0.2, 0.25) is 0 Å². The van der Waals surface area contributed by atoms with E-state index in [2.05, 4.69) is 6.07 Å². The molecule has 3 nitrogen and oxygen atoms in total. The molecular formula is C15H22N2OS. The van der Waals surface area contributed by atoms with Crippen molar-refractivity contribution < 1.29 is 4.79 Å². The predicted molar refractivity (Wildman–Crippen MR) is 80.2 cm³/mol. The quantitative estimate of drug-likeness (QED) is 0.812. The topological polar surface area (TPSA) is 46.3 Å². The van der Waals surface area contributed by atoms with E-state index < -0.39 is 0 Å². The van der Waals surface area contributed by atoms with Crippen LogP contribution in [0.5, 0.6) is 0 Å². The van der Waals surface area contributed by atoms with Crippen LogP contribution in [0.1, 0.15) is 25.1 Å². The highest BCUT2D eigenvalue weighted by Crippen LogP contribution is 2.56. The van der Waals surface area contributed by atoms with Crippen molar-refractivity contribution in [1.82, 2.24) is 4.90 Å². The molecule has 1 saturated carbocycles. The maximum absolute atomic E-state index is 12.9. The van der Waals surface area contributed by atoms with E-state index >= 15 is 0 Å². The summed E-state index contributed by atoms with van der Waals surface area (Å²) in [6.07, 6.45) is 4.92. The molecule has 1 amide bonds. The van der Waals surface area contributed by atoms with Gasteiger partial charge in [0, 0.05) is 18.0 Å². The molecule has 1 heterocycles. The number of likely N-dealkylation sites (N-methyl/N-ethyl adjacent to an activating group) is 1. The number of allylic oxidation sites excluding steroid dienone is 1. The third kappa shape index (κ3) is 2.47. The Kier molecular flexibility index (Phi) is 4.42. The Labute approximate surface area is 119 Å². The largest absolute Gasteiger partial charge is 0.338 e. The fourth-order valence-corrected chi connectivity index (χ4v) is 3.69. The lowest BCUT2D eigenvalue weighted by Crippen LogP contribution is -2.40. The van der Waals surface area contributed by atoms with E-state index in [9.17, 15) is 4.79 Å². The van der Waals surface area contributed by atoms with Gasteiger partial charge in [-0.2, -0.15) is 0 Å². The molecule has 2 N–H and O–H groups in total. The van der Waals surface area contributed by atoms with Crippen molar-refractivity contribution >= 4 is 17.2 Å². The van der Waals surface area contributed by atoms with Crippen LogP contribution in [-0.4, -0.2) is 30.4 Å². The van der Waals surface area contributed by atoms with E-state index in [4.69, 9.17) is 5.73 Å². The lowest BCUT2D eigenvalue weighted by atomic mass is 9.99. The minimum Gasteiger partial charge on any atom is -0.338 e. The zero-order valence-corrected chi connectivity index (χ0v) is 12.5. The Bertz CT molecular complexity index is 455. The van der Waals surface area contributed by atoms with Gasteiger partial charge >= 0.3 is 0 Å². The van der Waals surface area contributed by atoms with Gasteiger partial charge in [-0.15, -0.1) is 11.3 Å². The van der Waals surface area contributed by atoms with E-state index in [0.717, 1.165) is 13.0 Å². The minimum atomic E-state index is -0.333. The summed E-state index contributed by atoms with van der Waals surface area (Å²) in [7, 11) is 0. The van der Waals surface area contributed by atoms with Crippen molar-refractivity contribution in [1.29, 1.82) is 0 Å². The van der Waals surface area contributed by atoms with Crippen molar-refractivity contribution in [3.8, 4) is 0 Å². The summed E-state index contributed by atoms with van der Waals surface area (Å²) >= 11 is 1.67. The van der Waals surface area contributed by atoms with Gasteiger partial charge in [-0.3, -0.25) is 4.79 Å². The first-order valence-corrected chi connectivity index (χ1v) is 7.73. The summed E-state index contributed by atoms with van der Waals surface area (Å²) in [6.45, 7) is 6.03. The van der Waals surface area contributed by atoms with Crippen molar-refractivity contribution in [2.75, 3.05) is 19.6 Å². The highest BCUT2D eigenvalue weighted by Gasteiger charge is 2.61. The van der Waals surface area contributed by atoms with Gasteiger partial charge in [0.15, 0.2) is 0 Å². The summed E-state index contributed by atoms with van der Waals surface area (Å²) in [6, 6.07) is 4.09. The summed E-state index contributed by atoms with van der Waals surface area (Å²) in [5, 5.41) is 2.04. The Balaban J connectivity index is 2.23. The summed E-state index contributed by atoms with van der Waals surface area (Å²) in [5.41, 5.74) is 5.48. The number of rotatable bonds is 6. The summed E-state index contributed by atoms with van der Waals surface area (Å²) in [5.74, 6) is 0.546. The molecule has 1 aliphatic carbocycles. The molecule has 4 heteroatoms. The van der Waals surface area contributed by atoms with E-state index in [0.29, 0.717) is 19.0 Å². The zero-order valence-electron chi connectivity index (χ0n) is 11.6. The van der Waals surface area contributed by atoms with Gasteiger partial charge in [-0.1, -0.05) is 18.2 Å². The molecule has 1 aliphatic rings. The Hall–Kier alpha value is -1.13. The number of hydrogen-bond donors (Lipinski definition) is 1. The number of carbonyl (C=O) groups is 1. The molecule has 1 fully saturated rings. The van der Waals surface area contributed by atoms with Crippen LogP contribution in [0.25, 0.3) is 0 Å². The maximum atomic E-state index is 12.9. The van der Waals surface area contributed by atoms with Gasteiger partial charge in [0.2, 0.25) is 5.91 Å². The Morgan fingerprint density at radius 1 is 1.68 bits per heavy atom. The minimum absolute atomic E-state index is 0.242. The second kappa shape index (κ2) is 5.88. The maximum Gasteiger partial charge on any atom is 0.234 e. The van der Waals surface area contributed by atoms with Gasteiger partial charge in [0.05, 0.1) is 5.41 Å². The molecule has 0 aromatic carbocycles. The van der Waals surface area contributed by atoms with Gasteiger partial charge in [0.1, 0.15) is 0 Å². The number of thiophene rings is 1. The monoisotopic (exact) mass is 278 g/mol. The van der Waals surface area contributed by atoms with Crippen molar-refractivity contribution in [2.24, 2.45) is 11.7 Å². The van der Waals surface area contributed by atoms with E-state index in [-0.39, 0.29) is 11.3 Å². The van der Waals surface area contributed by atoms with Crippen LogP contribution in [0.15, 0.2) is 29.7 Å².